The van der Waals surface area contributed by atoms with E-state index in [9.17, 15) is 8.78 Å². The third kappa shape index (κ3) is 1.52. The predicted octanol–water partition coefficient (Wildman–Crippen LogP) is 1.80. The SMILES string of the molecule is CNc1nnc(-c2cccc(F)c2F)n1C. The van der Waals surface area contributed by atoms with Gasteiger partial charge in [0.05, 0.1) is 5.56 Å². The van der Waals surface area contributed by atoms with Crippen molar-refractivity contribution in [3.8, 4) is 11.4 Å². The highest BCUT2D eigenvalue weighted by Gasteiger charge is 2.15. The molecule has 0 bridgehead atoms. The predicted molar refractivity (Wildman–Crippen MR) is 55.9 cm³/mol. The van der Waals surface area contributed by atoms with Gasteiger partial charge in [0.2, 0.25) is 5.95 Å². The summed E-state index contributed by atoms with van der Waals surface area (Å²) in [5.74, 6) is -1.05. The molecule has 0 spiro atoms. The number of hydrogen-bond acceptors (Lipinski definition) is 3. The minimum absolute atomic E-state index is 0.0940. The summed E-state index contributed by atoms with van der Waals surface area (Å²) >= 11 is 0. The van der Waals surface area contributed by atoms with Crippen LogP contribution in [0.4, 0.5) is 14.7 Å². The number of nitrogens with one attached hydrogen (secondary N) is 1. The molecule has 0 unspecified atom stereocenters. The summed E-state index contributed by atoms with van der Waals surface area (Å²) in [6, 6.07) is 3.96. The van der Waals surface area contributed by atoms with Crippen LogP contribution < -0.4 is 5.32 Å². The molecule has 16 heavy (non-hydrogen) atoms. The number of nitrogens with zero attached hydrogens (tertiary/aromatic N) is 3. The molecule has 0 saturated carbocycles. The number of hydrogen-bond donors (Lipinski definition) is 1. The number of benzene rings is 1. The second-order valence-corrected chi connectivity index (χ2v) is 3.26. The van der Waals surface area contributed by atoms with Gasteiger partial charge in [-0.2, -0.15) is 0 Å². The second kappa shape index (κ2) is 3.88. The quantitative estimate of drug-likeness (QED) is 0.845. The van der Waals surface area contributed by atoms with E-state index in [1.165, 1.54) is 12.1 Å². The first-order chi connectivity index (χ1) is 7.65. The van der Waals surface area contributed by atoms with Crippen LogP contribution in [0.1, 0.15) is 0 Å². The first-order valence-electron chi connectivity index (χ1n) is 4.66. The molecule has 84 valence electrons. The fourth-order valence-electron chi connectivity index (χ4n) is 1.46. The molecule has 2 aromatic rings. The Morgan fingerprint density at radius 3 is 2.62 bits per heavy atom. The van der Waals surface area contributed by atoms with Crippen LogP contribution >= 0.6 is 0 Å². The van der Waals surface area contributed by atoms with Crippen LogP contribution in [0.5, 0.6) is 0 Å². The first kappa shape index (κ1) is 10.5. The van der Waals surface area contributed by atoms with E-state index in [1.54, 1.807) is 18.7 Å². The Morgan fingerprint density at radius 1 is 1.25 bits per heavy atom. The van der Waals surface area contributed by atoms with Gasteiger partial charge in [0, 0.05) is 14.1 Å². The van der Waals surface area contributed by atoms with Crippen molar-refractivity contribution in [3.63, 3.8) is 0 Å². The van der Waals surface area contributed by atoms with Crippen LogP contribution in [0.15, 0.2) is 18.2 Å². The van der Waals surface area contributed by atoms with Crippen molar-refractivity contribution in [2.45, 2.75) is 0 Å². The summed E-state index contributed by atoms with van der Waals surface area (Å²) in [5, 5.41) is 10.4. The Bertz CT molecular complexity index is 522. The molecule has 0 amide bonds. The van der Waals surface area contributed by atoms with E-state index in [0.717, 1.165) is 6.07 Å². The van der Waals surface area contributed by atoms with E-state index in [0.29, 0.717) is 5.95 Å². The van der Waals surface area contributed by atoms with Gasteiger partial charge < -0.3 is 5.32 Å². The minimum atomic E-state index is -0.916. The van der Waals surface area contributed by atoms with Gasteiger partial charge in [0.1, 0.15) is 0 Å². The largest absolute Gasteiger partial charge is 0.357 e. The summed E-state index contributed by atoms with van der Waals surface area (Å²) in [7, 11) is 3.35. The molecule has 6 heteroatoms. The zero-order valence-electron chi connectivity index (χ0n) is 8.83. The highest BCUT2D eigenvalue weighted by atomic mass is 19.2. The number of rotatable bonds is 2. The first-order valence-corrected chi connectivity index (χ1v) is 4.66. The molecular weight excluding hydrogens is 214 g/mol. The summed E-state index contributed by atoms with van der Waals surface area (Å²) < 4.78 is 28.1. The maximum atomic E-state index is 13.5. The van der Waals surface area contributed by atoms with Crippen molar-refractivity contribution in [1.29, 1.82) is 0 Å². The number of aromatic nitrogens is 3. The molecule has 0 radical (unpaired) electrons. The second-order valence-electron chi connectivity index (χ2n) is 3.26. The number of anilines is 1. The molecule has 0 fully saturated rings. The molecule has 0 aliphatic rings. The molecule has 1 aromatic heterocycles. The van der Waals surface area contributed by atoms with E-state index in [4.69, 9.17) is 0 Å². The van der Waals surface area contributed by atoms with E-state index in [-0.39, 0.29) is 11.4 Å². The van der Waals surface area contributed by atoms with Crippen molar-refractivity contribution in [2.75, 3.05) is 12.4 Å². The summed E-state index contributed by atoms with van der Waals surface area (Å²) in [4.78, 5) is 0. The minimum Gasteiger partial charge on any atom is -0.357 e. The molecule has 4 nitrogen and oxygen atoms in total. The Labute approximate surface area is 90.9 Å². The Hall–Kier alpha value is -1.98. The smallest absolute Gasteiger partial charge is 0.224 e. The zero-order valence-corrected chi connectivity index (χ0v) is 8.83. The lowest BCUT2D eigenvalue weighted by Gasteiger charge is -2.04. The lowest BCUT2D eigenvalue weighted by Crippen LogP contribution is -2.01. The average molecular weight is 224 g/mol. The highest BCUT2D eigenvalue weighted by Crippen LogP contribution is 2.23. The van der Waals surface area contributed by atoms with Crippen LogP contribution in [0.2, 0.25) is 0 Å². The summed E-state index contributed by atoms with van der Waals surface area (Å²) in [6.45, 7) is 0. The van der Waals surface area contributed by atoms with Gasteiger partial charge >= 0.3 is 0 Å². The zero-order chi connectivity index (χ0) is 11.7. The molecule has 1 aromatic carbocycles. The fraction of sp³-hybridized carbons (Fsp3) is 0.200. The third-order valence-electron chi connectivity index (χ3n) is 2.29. The van der Waals surface area contributed by atoms with Crippen molar-refractivity contribution in [3.05, 3.63) is 29.8 Å². The fourth-order valence-corrected chi connectivity index (χ4v) is 1.46. The van der Waals surface area contributed by atoms with Gasteiger partial charge in [-0.3, -0.25) is 4.57 Å². The monoisotopic (exact) mass is 224 g/mol. The molecular formula is C10H10F2N4. The maximum absolute atomic E-state index is 13.5. The number of halogens is 2. The van der Waals surface area contributed by atoms with E-state index < -0.39 is 11.6 Å². The average Bonchev–Trinajstić information content (AvgIpc) is 2.64. The third-order valence-corrected chi connectivity index (χ3v) is 2.29. The Balaban J connectivity index is 2.59. The van der Waals surface area contributed by atoms with Crippen molar-refractivity contribution < 1.29 is 8.78 Å². The normalized spacial score (nSPS) is 10.5. The molecule has 1 N–H and O–H groups in total. The van der Waals surface area contributed by atoms with Gasteiger partial charge in [0.25, 0.3) is 0 Å². The van der Waals surface area contributed by atoms with Crippen molar-refractivity contribution in [2.24, 2.45) is 7.05 Å². The van der Waals surface area contributed by atoms with E-state index in [1.807, 2.05) is 0 Å². The molecule has 0 aliphatic carbocycles. The Morgan fingerprint density at radius 2 is 2.00 bits per heavy atom. The molecule has 2 rings (SSSR count). The highest BCUT2D eigenvalue weighted by molar-refractivity contribution is 5.58. The lowest BCUT2D eigenvalue weighted by atomic mass is 10.2. The van der Waals surface area contributed by atoms with Crippen LogP contribution in [-0.2, 0) is 7.05 Å². The lowest BCUT2D eigenvalue weighted by molar-refractivity contribution is 0.510. The van der Waals surface area contributed by atoms with Crippen molar-refractivity contribution in [1.82, 2.24) is 14.8 Å². The topological polar surface area (TPSA) is 42.7 Å². The standard InChI is InChI=1S/C10H10F2N4/c1-13-10-15-14-9(16(10)2)6-4-3-5-7(11)8(6)12/h3-5H,1-2H3,(H,13,15). The summed E-state index contributed by atoms with van der Waals surface area (Å²) in [5.41, 5.74) is 0.0940. The van der Waals surface area contributed by atoms with Gasteiger partial charge in [0.15, 0.2) is 17.5 Å². The van der Waals surface area contributed by atoms with Crippen LogP contribution in [0.25, 0.3) is 11.4 Å². The van der Waals surface area contributed by atoms with Gasteiger partial charge in [-0.25, -0.2) is 8.78 Å². The molecule has 0 atom stereocenters. The van der Waals surface area contributed by atoms with E-state index in [2.05, 4.69) is 15.5 Å². The van der Waals surface area contributed by atoms with Gasteiger partial charge in [-0.15, -0.1) is 10.2 Å². The van der Waals surface area contributed by atoms with E-state index >= 15 is 0 Å². The van der Waals surface area contributed by atoms with Gasteiger partial charge in [-0.05, 0) is 12.1 Å². The summed E-state index contributed by atoms with van der Waals surface area (Å²) in [6.07, 6.45) is 0. The van der Waals surface area contributed by atoms with Crippen molar-refractivity contribution >= 4 is 5.95 Å². The van der Waals surface area contributed by atoms with Gasteiger partial charge in [-0.1, -0.05) is 6.07 Å². The van der Waals surface area contributed by atoms with Crippen LogP contribution in [0, 0.1) is 11.6 Å². The van der Waals surface area contributed by atoms with Crippen LogP contribution in [0.3, 0.4) is 0 Å². The van der Waals surface area contributed by atoms with Crippen LogP contribution in [-0.4, -0.2) is 21.8 Å². The molecule has 0 aliphatic heterocycles. The Kier molecular flexibility index (Phi) is 2.55. The molecule has 0 saturated heterocycles. The molecule has 1 heterocycles. The maximum Gasteiger partial charge on any atom is 0.224 e.